The molecule has 7 nitrogen and oxygen atoms in total. The van der Waals surface area contributed by atoms with Gasteiger partial charge in [0.15, 0.2) is 0 Å². The fourth-order valence-electron chi connectivity index (χ4n) is 2.99. The minimum absolute atomic E-state index is 0.215. The zero-order valence-electron chi connectivity index (χ0n) is 17.3. The number of rotatable bonds is 8. The van der Waals surface area contributed by atoms with E-state index in [-0.39, 0.29) is 5.70 Å². The predicted octanol–water partition coefficient (Wildman–Crippen LogP) is 4.64. The first-order valence-corrected chi connectivity index (χ1v) is 10.8. The van der Waals surface area contributed by atoms with E-state index in [2.05, 4.69) is 14.9 Å². The zero-order valence-corrected chi connectivity index (χ0v) is 18.2. The molecule has 33 heavy (non-hydrogen) atoms. The van der Waals surface area contributed by atoms with Gasteiger partial charge in [0.2, 0.25) is 0 Å². The Hall–Kier alpha value is -4.30. The number of carbonyl (C=O) groups excluding carboxylic acids is 1. The predicted molar refractivity (Wildman–Crippen MR) is 126 cm³/mol. The van der Waals surface area contributed by atoms with Crippen molar-refractivity contribution >= 4 is 29.5 Å². The number of carboxylic acids is 1. The van der Waals surface area contributed by atoms with Crippen LogP contribution in [-0.4, -0.2) is 26.6 Å². The van der Waals surface area contributed by atoms with E-state index in [1.807, 2.05) is 29.6 Å². The molecule has 3 aromatic carbocycles. The summed E-state index contributed by atoms with van der Waals surface area (Å²) in [6, 6.07) is 23.3. The Morgan fingerprint density at radius 3 is 2.33 bits per heavy atom. The van der Waals surface area contributed by atoms with E-state index in [1.54, 1.807) is 54.6 Å². The standard InChI is InChI=1S/C25H19N3O4S/c29-24(20-4-2-1-3-5-20)26-22(25(30)31)14-17-8-12-21(13-9-17)32-15-18-6-10-19(11-7-18)23-16-33-28-27-23/h1-14,16H,15H2,(H,26,29)(H,30,31)/b22-14+. The Morgan fingerprint density at radius 1 is 0.970 bits per heavy atom. The lowest BCUT2D eigenvalue weighted by Crippen LogP contribution is -2.27. The highest BCUT2D eigenvalue weighted by Gasteiger charge is 2.13. The number of hydrogen-bond donors (Lipinski definition) is 2. The molecule has 0 aliphatic heterocycles. The van der Waals surface area contributed by atoms with Gasteiger partial charge in [-0.2, -0.15) is 0 Å². The van der Waals surface area contributed by atoms with Gasteiger partial charge in [0.1, 0.15) is 23.7 Å². The largest absolute Gasteiger partial charge is 0.489 e. The van der Waals surface area contributed by atoms with E-state index in [4.69, 9.17) is 4.74 Å². The van der Waals surface area contributed by atoms with Crippen LogP contribution in [0.2, 0.25) is 0 Å². The van der Waals surface area contributed by atoms with Crippen LogP contribution in [0.25, 0.3) is 17.3 Å². The fraction of sp³-hybridized carbons (Fsp3) is 0.0400. The topological polar surface area (TPSA) is 101 Å². The van der Waals surface area contributed by atoms with Gasteiger partial charge in [0.05, 0.1) is 0 Å². The highest BCUT2D eigenvalue weighted by molar-refractivity contribution is 7.03. The van der Waals surface area contributed by atoms with Crippen molar-refractivity contribution in [2.45, 2.75) is 6.61 Å². The molecule has 164 valence electrons. The van der Waals surface area contributed by atoms with Gasteiger partial charge in [-0.1, -0.05) is 59.1 Å². The molecule has 0 fully saturated rings. The number of ether oxygens (including phenoxy) is 1. The average Bonchev–Trinajstić information content (AvgIpc) is 3.39. The van der Waals surface area contributed by atoms with Crippen LogP contribution in [0.4, 0.5) is 0 Å². The Kier molecular flexibility index (Phi) is 6.87. The molecule has 0 aliphatic rings. The van der Waals surface area contributed by atoms with Crippen LogP contribution < -0.4 is 10.1 Å². The maximum absolute atomic E-state index is 12.3. The lowest BCUT2D eigenvalue weighted by Gasteiger charge is -2.08. The lowest BCUT2D eigenvalue weighted by molar-refractivity contribution is -0.132. The maximum atomic E-state index is 12.3. The second-order valence-corrected chi connectivity index (χ2v) is 7.64. The molecule has 1 amide bonds. The van der Waals surface area contributed by atoms with Crippen LogP contribution in [0.3, 0.4) is 0 Å². The van der Waals surface area contributed by atoms with Crippen molar-refractivity contribution in [3.63, 3.8) is 0 Å². The molecule has 0 aliphatic carbocycles. The smallest absolute Gasteiger partial charge is 0.352 e. The first kappa shape index (κ1) is 21.9. The third-order valence-corrected chi connectivity index (χ3v) is 5.23. The van der Waals surface area contributed by atoms with Crippen molar-refractivity contribution in [3.8, 4) is 17.0 Å². The number of benzene rings is 3. The molecular formula is C25H19N3O4S. The molecule has 4 aromatic rings. The second kappa shape index (κ2) is 10.3. The van der Waals surface area contributed by atoms with Crippen LogP contribution in [0, 0.1) is 0 Å². The monoisotopic (exact) mass is 457 g/mol. The van der Waals surface area contributed by atoms with E-state index in [0.29, 0.717) is 23.5 Å². The fourth-order valence-corrected chi connectivity index (χ4v) is 3.46. The van der Waals surface area contributed by atoms with Gasteiger partial charge in [0, 0.05) is 16.5 Å². The van der Waals surface area contributed by atoms with Crippen LogP contribution >= 0.6 is 11.5 Å². The summed E-state index contributed by atoms with van der Waals surface area (Å²) in [7, 11) is 0. The molecule has 2 N–H and O–H groups in total. The molecule has 0 unspecified atom stereocenters. The Balaban J connectivity index is 1.37. The molecule has 0 saturated carbocycles. The van der Waals surface area contributed by atoms with Gasteiger partial charge in [-0.15, -0.1) is 5.10 Å². The van der Waals surface area contributed by atoms with Gasteiger partial charge in [-0.3, -0.25) is 4.79 Å². The third kappa shape index (κ3) is 5.90. The van der Waals surface area contributed by atoms with E-state index in [1.165, 1.54) is 17.6 Å². The summed E-state index contributed by atoms with van der Waals surface area (Å²) < 4.78 is 9.69. The van der Waals surface area contributed by atoms with Crippen molar-refractivity contribution < 1.29 is 19.4 Å². The third-order valence-electron chi connectivity index (χ3n) is 4.72. The molecule has 4 rings (SSSR count). The number of carboxylic acid groups (broad SMARTS) is 1. The summed E-state index contributed by atoms with van der Waals surface area (Å²) in [4.78, 5) is 23.9. The van der Waals surface area contributed by atoms with Crippen LogP contribution in [0.5, 0.6) is 5.75 Å². The number of aliphatic carboxylic acids is 1. The van der Waals surface area contributed by atoms with Crippen LogP contribution in [0.15, 0.2) is 89.9 Å². The van der Waals surface area contributed by atoms with E-state index < -0.39 is 11.9 Å². The molecule has 0 atom stereocenters. The number of hydrogen-bond acceptors (Lipinski definition) is 6. The molecule has 1 aromatic heterocycles. The summed E-state index contributed by atoms with van der Waals surface area (Å²) in [5.41, 5.74) is 3.63. The maximum Gasteiger partial charge on any atom is 0.352 e. The van der Waals surface area contributed by atoms with E-state index >= 15 is 0 Å². The van der Waals surface area contributed by atoms with Gasteiger partial charge >= 0.3 is 5.97 Å². The summed E-state index contributed by atoms with van der Waals surface area (Å²) in [5, 5.41) is 17.8. The average molecular weight is 458 g/mol. The Morgan fingerprint density at radius 2 is 1.70 bits per heavy atom. The van der Waals surface area contributed by atoms with Crippen molar-refractivity contribution in [2.24, 2.45) is 0 Å². The highest BCUT2D eigenvalue weighted by Crippen LogP contribution is 2.20. The summed E-state index contributed by atoms with van der Waals surface area (Å²) in [6.07, 6.45) is 1.40. The van der Waals surface area contributed by atoms with Crippen molar-refractivity contribution in [3.05, 3.63) is 107 Å². The van der Waals surface area contributed by atoms with Crippen LogP contribution in [0.1, 0.15) is 21.5 Å². The summed E-state index contributed by atoms with van der Waals surface area (Å²) >= 11 is 1.31. The van der Waals surface area contributed by atoms with Crippen molar-refractivity contribution in [1.29, 1.82) is 0 Å². The number of amides is 1. The SMILES string of the molecule is O=C(O)/C(=C\c1ccc(OCc2ccc(-c3csnn3)cc2)cc1)NC(=O)c1ccccc1. The number of nitrogens with zero attached hydrogens (tertiary/aromatic N) is 2. The van der Waals surface area contributed by atoms with Gasteiger partial charge in [-0.05, 0) is 53.0 Å². The molecular weight excluding hydrogens is 438 g/mol. The minimum Gasteiger partial charge on any atom is -0.489 e. The van der Waals surface area contributed by atoms with E-state index in [9.17, 15) is 14.7 Å². The van der Waals surface area contributed by atoms with Crippen molar-refractivity contribution in [1.82, 2.24) is 14.9 Å². The molecule has 8 heteroatoms. The van der Waals surface area contributed by atoms with E-state index in [0.717, 1.165) is 16.8 Å². The molecule has 1 heterocycles. The molecule has 0 bridgehead atoms. The number of aromatic nitrogens is 2. The lowest BCUT2D eigenvalue weighted by atomic mass is 10.1. The Bertz CT molecular complexity index is 1250. The first-order valence-electron chi connectivity index (χ1n) is 9.99. The number of carbonyl (C=O) groups is 2. The molecule has 0 saturated heterocycles. The summed E-state index contributed by atoms with van der Waals surface area (Å²) in [6.45, 7) is 0.387. The van der Waals surface area contributed by atoms with Gasteiger partial charge < -0.3 is 15.2 Å². The minimum atomic E-state index is -1.23. The highest BCUT2D eigenvalue weighted by atomic mass is 32.1. The Labute approximate surface area is 194 Å². The van der Waals surface area contributed by atoms with Gasteiger partial charge in [0.25, 0.3) is 5.91 Å². The first-order chi connectivity index (χ1) is 16.1. The summed E-state index contributed by atoms with van der Waals surface area (Å²) in [5.74, 6) is -1.07. The quantitative estimate of drug-likeness (QED) is 0.374. The normalized spacial score (nSPS) is 11.1. The van der Waals surface area contributed by atoms with Crippen LogP contribution in [-0.2, 0) is 11.4 Å². The molecule has 0 radical (unpaired) electrons. The number of nitrogens with one attached hydrogen (secondary N) is 1. The van der Waals surface area contributed by atoms with Gasteiger partial charge in [-0.25, -0.2) is 4.79 Å². The van der Waals surface area contributed by atoms with Crippen molar-refractivity contribution in [2.75, 3.05) is 0 Å². The molecule has 0 spiro atoms. The zero-order chi connectivity index (χ0) is 23.0. The second-order valence-electron chi connectivity index (χ2n) is 7.03.